The predicted octanol–water partition coefficient (Wildman–Crippen LogP) is 16.5. The first kappa shape index (κ1) is 53.1. The summed E-state index contributed by atoms with van der Waals surface area (Å²) in [6, 6.07) is 0. The first-order chi connectivity index (χ1) is 26.7. The van der Waals surface area contributed by atoms with E-state index in [-0.39, 0.29) is 12.6 Å². The summed E-state index contributed by atoms with van der Waals surface area (Å²) in [5.41, 5.74) is 0. The van der Waals surface area contributed by atoms with Gasteiger partial charge in [0, 0.05) is 13.0 Å². The maximum Gasteiger partial charge on any atom is 0.306 e. The Morgan fingerprint density at radius 2 is 0.722 bits per heavy atom. The summed E-state index contributed by atoms with van der Waals surface area (Å²) in [6.45, 7) is 5.39. The van der Waals surface area contributed by atoms with Crippen molar-refractivity contribution in [3.05, 3.63) is 12.2 Å². The highest BCUT2D eigenvalue weighted by Gasteiger charge is 2.13. The summed E-state index contributed by atoms with van der Waals surface area (Å²) >= 11 is 0. The Kier molecular flexibility index (Phi) is 47.5. The summed E-state index contributed by atoms with van der Waals surface area (Å²) in [7, 11) is 0. The zero-order valence-corrected chi connectivity index (χ0v) is 37.0. The molecular weight excluding hydrogens is 665 g/mol. The minimum Gasteiger partial charge on any atom is -0.457 e. The fraction of sp³-hybridized carbons (Fsp3) is 0.940. The number of hydrogen-bond donors (Lipinski definition) is 1. The topological polar surface area (TPSA) is 55.8 Å². The molecule has 1 atom stereocenters. The molecule has 322 valence electrons. The number of ether oxygens (including phenoxy) is 2. The van der Waals surface area contributed by atoms with E-state index in [2.05, 4.69) is 26.0 Å². The van der Waals surface area contributed by atoms with Crippen LogP contribution in [-0.2, 0) is 14.3 Å². The van der Waals surface area contributed by atoms with Gasteiger partial charge in [-0.3, -0.25) is 4.79 Å². The van der Waals surface area contributed by atoms with Gasteiger partial charge >= 0.3 is 5.97 Å². The number of rotatable bonds is 47. The molecule has 0 radical (unpaired) electrons. The highest BCUT2D eigenvalue weighted by atomic mass is 16.6. The molecular formula is C50H98O4. The number of carbonyl (C=O) groups is 1. The minimum absolute atomic E-state index is 0.169. The average Bonchev–Trinajstić information content (AvgIpc) is 3.18. The van der Waals surface area contributed by atoms with Gasteiger partial charge in [0.15, 0.2) is 0 Å². The molecule has 0 saturated carbocycles. The summed E-state index contributed by atoms with van der Waals surface area (Å²) in [6.07, 6.45) is 58.8. The summed E-state index contributed by atoms with van der Waals surface area (Å²) in [5, 5.41) is 9.63. The monoisotopic (exact) mass is 763 g/mol. The molecule has 0 amide bonds. The van der Waals surface area contributed by atoms with Crippen LogP contribution in [0.3, 0.4) is 0 Å². The van der Waals surface area contributed by atoms with Gasteiger partial charge in [0.1, 0.15) is 6.10 Å². The van der Waals surface area contributed by atoms with E-state index in [1.807, 2.05) is 0 Å². The van der Waals surface area contributed by atoms with E-state index < -0.39 is 6.10 Å². The van der Waals surface area contributed by atoms with Gasteiger partial charge in [0.25, 0.3) is 0 Å². The van der Waals surface area contributed by atoms with E-state index in [4.69, 9.17) is 9.47 Å². The van der Waals surface area contributed by atoms with Crippen molar-refractivity contribution in [2.75, 3.05) is 19.8 Å². The average molecular weight is 763 g/mol. The summed E-state index contributed by atoms with van der Waals surface area (Å²) in [4.78, 5) is 12.2. The number of carbonyl (C=O) groups excluding carboxylic acids is 1. The van der Waals surface area contributed by atoms with Gasteiger partial charge in [-0.1, -0.05) is 244 Å². The van der Waals surface area contributed by atoms with Crippen molar-refractivity contribution in [3.8, 4) is 0 Å². The Hall–Kier alpha value is -0.870. The molecule has 0 aromatic rings. The second-order valence-electron chi connectivity index (χ2n) is 16.9. The van der Waals surface area contributed by atoms with E-state index in [1.165, 1.54) is 238 Å². The molecule has 0 bridgehead atoms. The van der Waals surface area contributed by atoms with Gasteiger partial charge in [0.05, 0.1) is 13.2 Å². The number of esters is 1. The molecule has 0 saturated heterocycles. The van der Waals surface area contributed by atoms with Crippen LogP contribution < -0.4 is 0 Å². The molecule has 54 heavy (non-hydrogen) atoms. The van der Waals surface area contributed by atoms with Crippen molar-refractivity contribution in [2.45, 2.75) is 283 Å². The molecule has 0 aromatic heterocycles. The Bertz CT molecular complexity index is 721. The largest absolute Gasteiger partial charge is 0.457 e. The van der Waals surface area contributed by atoms with Crippen molar-refractivity contribution in [1.82, 2.24) is 0 Å². The van der Waals surface area contributed by atoms with Crippen LogP contribution >= 0.6 is 0 Å². The lowest BCUT2D eigenvalue weighted by molar-refractivity contribution is -0.154. The number of aliphatic hydroxyl groups is 1. The van der Waals surface area contributed by atoms with Crippen molar-refractivity contribution < 1.29 is 19.4 Å². The lowest BCUT2D eigenvalue weighted by Gasteiger charge is -2.15. The van der Waals surface area contributed by atoms with E-state index in [0.29, 0.717) is 19.6 Å². The third-order valence-corrected chi connectivity index (χ3v) is 11.3. The van der Waals surface area contributed by atoms with Crippen molar-refractivity contribution in [3.63, 3.8) is 0 Å². The van der Waals surface area contributed by atoms with Gasteiger partial charge in [0.2, 0.25) is 0 Å². The zero-order valence-electron chi connectivity index (χ0n) is 37.0. The Morgan fingerprint density at radius 1 is 0.426 bits per heavy atom. The molecule has 4 heteroatoms. The van der Waals surface area contributed by atoms with Crippen LogP contribution in [0.5, 0.6) is 0 Å². The summed E-state index contributed by atoms with van der Waals surface area (Å²) < 4.78 is 11.2. The second kappa shape index (κ2) is 48.3. The maximum absolute atomic E-state index is 12.2. The second-order valence-corrected chi connectivity index (χ2v) is 16.9. The molecule has 0 aliphatic rings. The highest BCUT2D eigenvalue weighted by molar-refractivity contribution is 5.69. The lowest BCUT2D eigenvalue weighted by Crippen LogP contribution is -2.27. The Balaban J connectivity index is 3.33. The van der Waals surface area contributed by atoms with Crippen LogP contribution in [0.4, 0.5) is 0 Å². The van der Waals surface area contributed by atoms with Crippen molar-refractivity contribution >= 4 is 5.97 Å². The zero-order chi connectivity index (χ0) is 39.1. The van der Waals surface area contributed by atoms with E-state index in [9.17, 15) is 9.90 Å². The minimum atomic E-state index is -0.533. The van der Waals surface area contributed by atoms with Crippen LogP contribution in [0.15, 0.2) is 12.2 Å². The standard InChI is InChI=1S/C50H98O4/c1-3-5-7-9-11-13-15-17-19-21-22-23-24-25-26-27-28-29-30-32-34-36-38-40-42-44-46-53-48-49(47-51)54-50(52)45-43-41-39-37-35-33-31-20-18-16-14-12-10-8-6-4-2/h20,31,49,51H,3-19,21-30,32-48H2,1-2H3/b31-20-. The van der Waals surface area contributed by atoms with Gasteiger partial charge in [-0.2, -0.15) is 0 Å². The third kappa shape index (κ3) is 45.5. The Labute approximate surface area is 339 Å². The fourth-order valence-corrected chi connectivity index (χ4v) is 7.62. The first-order valence-corrected chi connectivity index (χ1v) is 24.8. The van der Waals surface area contributed by atoms with Crippen molar-refractivity contribution in [1.29, 1.82) is 0 Å². The van der Waals surface area contributed by atoms with E-state index in [1.54, 1.807) is 0 Å². The predicted molar refractivity (Wildman–Crippen MR) is 238 cm³/mol. The van der Waals surface area contributed by atoms with Crippen LogP contribution in [0.1, 0.15) is 277 Å². The van der Waals surface area contributed by atoms with Crippen LogP contribution in [0.25, 0.3) is 0 Å². The number of unbranched alkanes of at least 4 members (excludes halogenated alkanes) is 37. The van der Waals surface area contributed by atoms with Gasteiger partial charge in [-0.05, 0) is 38.5 Å². The lowest BCUT2D eigenvalue weighted by atomic mass is 10.0. The summed E-state index contributed by atoms with van der Waals surface area (Å²) in [5.74, 6) is -0.203. The molecule has 1 unspecified atom stereocenters. The van der Waals surface area contributed by atoms with Gasteiger partial charge in [-0.25, -0.2) is 0 Å². The van der Waals surface area contributed by atoms with Crippen LogP contribution in [0, 0.1) is 0 Å². The number of hydrogen-bond acceptors (Lipinski definition) is 4. The highest BCUT2D eigenvalue weighted by Crippen LogP contribution is 2.17. The number of allylic oxidation sites excluding steroid dienone is 2. The quantitative estimate of drug-likeness (QED) is 0.0381. The smallest absolute Gasteiger partial charge is 0.306 e. The molecule has 0 aliphatic heterocycles. The fourth-order valence-electron chi connectivity index (χ4n) is 7.62. The van der Waals surface area contributed by atoms with Crippen LogP contribution in [0.2, 0.25) is 0 Å². The molecule has 1 N–H and O–H groups in total. The van der Waals surface area contributed by atoms with Gasteiger partial charge in [-0.15, -0.1) is 0 Å². The first-order valence-electron chi connectivity index (χ1n) is 24.8. The molecule has 0 aliphatic carbocycles. The van der Waals surface area contributed by atoms with E-state index in [0.717, 1.165) is 19.3 Å². The van der Waals surface area contributed by atoms with Gasteiger partial charge < -0.3 is 14.6 Å². The van der Waals surface area contributed by atoms with Crippen molar-refractivity contribution in [2.24, 2.45) is 0 Å². The molecule has 0 fully saturated rings. The molecule has 0 rings (SSSR count). The Morgan fingerprint density at radius 3 is 1.06 bits per heavy atom. The maximum atomic E-state index is 12.2. The molecule has 0 heterocycles. The molecule has 4 nitrogen and oxygen atoms in total. The number of aliphatic hydroxyl groups excluding tert-OH is 1. The van der Waals surface area contributed by atoms with Crippen LogP contribution in [-0.4, -0.2) is 37.0 Å². The normalized spacial score (nSPS) is 12.3. The third-order valence-electron chi connectivity index (χ3n) is 11.3. The SMILES string of the molecule is CCCCCCCCC/C=C\CCCCCCCC(=O)OC(CO)COCCCCCCCCCCCCCCCCCCCCCCCCCCCC. The van der Waals surface area contributed by atoms with E-state index >= 15 is 0 Å². The molecule has 0 spiro atoms. The molecule has 0 aromatic carbocycles.